The summed E-state index contributed by atoms with van der Waals surface area (Å²) in [4.78, 5) is 0. The second-order valence-electron chi connectivity index (χ2n) is 18.4. The van der Waals surface area contributed by atoms with Gasteiger partial charge in [-0.15, -0.1) is 0 Å². The molecule has 0 aromatic heterocycles. The fraction of sp³-hybridized carbons (Fsp3) is 0.721. The van der Waals surface area contributed by atoms with E-state index < -0.39 is 0 Å². The van der Waals surface area contributed by atoms with Crippen LogP contribution in [0.1, 0.15) is 154 Å². The summed E-state index contributed by atoms with van der Waals surface area (Å²) in [7, 11) is 0. The van der Waals surface area contributed by atoms with Gasteiger partial charge in [-0.25, -0.2) is 0 Å². The lowest BCUT2D eigenvalue weighted by Crippen LogP contribution is -2.46. The number of rotatable bonds is 15. The molecule has 2 aromatic carbocycles. The van der Waals surface area contributed by atoms with Gasteiger partial charge in [-0.1, -0.05) is 159 Å². The molecule has 0 bridgehead atoms. The SMILES string of the molecule is CC(OCCOC(C)(C)C(C)(C)c1ccc(C(C)(C)C(C)(C)C(C)C)cc1)C(C)(C)c1ccc(C(C)(C)C(C)(C)C(C)C)cc1. The van der Waals surface area contributed by atoms with Crippen molar-refractivity contribution in [2.24, 2.45) is 22.7 Å². The lowest BCUT2D eigenvalue weighted by atomic mass is 9.59. The number of ether oxygens (including phenoxy) is 2. The Bertz CT molecular complexity index is 1220. The van der Waals surface area contributed by atoms with Gasteiger partial charge in [0, 0.05) is 10.8 Å². The Kier molecular flexibility index (Phi) is 11.8. The molecule has 1 atom stereocenters. The highest BCUT2D eigenvalue weighted by atomic mass is 16.5. The molecule has 1 unspecified atom stereocenters. The number of hydrogen-bond donors (Lipinski definition) is 0. The van der Waals surface area contributed by atoms with Crippen molar-refractivity contribution in [1.82, 2.24) is 0 Å². The molecule has 2 rings (SSSR count). The molecule has 2 aromatic rings. The molecule has 0 radical (unpaired) electrons. The third-order valence-electron chi connectivity index (χ3n) is 14.2. The van der Waals surface area contributed by atoms with Gasteiger partial charge < -0.3 is 9.47 Å². The van der Waals surface area contributed by atoms with E-state index in [2.05, 4.69) is 180 Å². The van der Waals surface area contributed by atoms with Crippen molar-refractivity contribution in [3.05, 3.63) is 70.8 Å². The summed E-state index contributed by atoms with van der Waals surface area (Å²) in [5.41, 5.74) is 5.25. The van der Waals surface area contributed by atoms with Gasteiger partial charge in [0.05, 0.1) is 24.9 Å². The van der Waals surface area contributed by atoms with Crippen molar-refractivity contribution < 1.29 is 9.47 Å². The predicted molar refractivity (Wildman–Crippen MR) is 198 cm³/mol. The van der Waals surface area contributed by atoms with Crippen molar-refractivity contribution in [2.75, 3.05) is 13.2 Å². The van der Waals surface area contributed by atoms with Crippen molar-refractivity contribution in [3.8, 4) is 0 Å². The second-order valence-corrected chi connectivity index (χ2v) is 18.4. The van der Waals surface area contributed by atoms with Gasteiger partial charge in [0.1, 0.15) is 0 Å². The first-order valence-corrected chi connectivity index (χ1v) is 17.7. The van der Waals surface area contributed by atoms with E-state index in [0.29, 0.717) is 25.0 Å². The molecule has 0 N–H and O–H groups in total. The van der Waals surface area contributed by atoms with Crippen LogP contribution >= 0.6 is 0 Å². The Morgan fingerprint density at radius 3 is 1.09 bits per heavy atom. The summed E-state index contributed by atoms with van der Waals surface area (Å²) in [5.74, 6) is 1.18. The molecule has 45 heavy (non-hydrogen) atoms. The summed E-state index contributed by atoms with van der Waals surface area (Å²) < 4.78 is 13.0. The van der Waals surface area contributed by atoms with Gasteiger partial charge in [-0.2, -0.15) is 0 Å². The number of benzene rings is 2. The van der Waals surface area contributed by atoms with E-state index in [1.54, 1.807) is 0 Å². The minimum atomic E-state index is -0.365. The maximum atomic E-state index is 6.58. The van der Waals surface area contributed by atoms with Crippen LogP contribution in [0.25, 0.3) is 0 Å². The third-order valence-corrected chi connectivity index (χ3v) is 14.2. The van der Waals surface area contributed by atoms with Crippen LogP contribution in [0, 0.1) is 22.7 Å². The van der Waals surface area contributed by atoms with Crippen LogP contribution in [0.3, 0.4) is 0 Å². The maximum Gasteiger partial charge on any atom is 0.0718 e. The largest absolute Gasteiger partial charge is 0.375 e. The molecule has 0 spiro atoms. The van der Waals surface area contributed by atoms with Gasteiger partial charge in [-0.3, -0.25) is 0 Å². The highest BCUT2D eigenvalue weighted by Crippen LogP contribution is 2.48. The molecule has 256 valence electrons. The molecule has 0 heterocycles. The second kappa shape index (κ2) is 13.5. The van der Waals surface area contributed by atoms with Crippen molar-refractivity contribution in [2.45, 2.75) is 165 Å². The molecule has 0 amide bonds. The van der Waals surface area contributed by atoms with E-state index >= 15 is 0 Å². The van der Waals surface area contributed by atoms with Crippen LogP contribution in [0.2, 0.25) is 0 Å². The van der Waals surface area contributed by atoms with E-state index in [-0.39, 0.29) is 44.2 Å². The van der Waals surface area contributed by atoms with E-state index in [9.17, 15) is 0 Å². The zero-order valence-electron chi connectivity index (χ0n) is 33.1. The lowest BCUT2D eigenvalue weighted by molar-refractivity contribution is -0.0969. The molecule has 2 heteroatoms. The molecule has 0 saturated heterocycles. The van der Waals surface area contributed by atoms with Crippen molar-refractivity contribution >= 4 is 0 Å². The maximum absolute atomic E-state index is 6.58. The van der Waals surface area contributed by atoms with Crippen molar-refractivity contribution in [1.29, 1.82) is 0 Å². The summed E-state index contributed by atoms with van der Waals surface area (Å²) in [6, 6.07) is 18.6. The Labute approximate surface area is 280 Å². The monoisotopic (exact) mass is 621 g/mol. The predicted octanol–water partition coefficient (Wildman–Crippen LogP) is 12.1. The van der Waals surface area contributed by atoms with Gasteiger partial charge in [0.25, 0.3) is 0 Å². The zero-order valence-corrected chi connectivity index (χ0v) is 33.1. The van der Waals surface area contributed by atoms with Gasteiger partial charge in [0.15, 0.2) is 0 Å². The highest BCUT2D eigenvalue weighted by molar-refractivity contribution is 5.36. The molecule has 0 aliphatic heterocycles. The van der Waals surface area contributed by atoms with Gasteiger partial charge in [-0.05, 0) is 76.5 Å². The average Bonchev–Trinajstić information content (AvgIpc) is 2.94. The Morgan fingerprint density at radius 2 is 0.756 bits per heavy atom. The molecular formula is C43H72O2. The molecular weight excluding hydrogens is 548 g/mol. The van der Waals surface area contributed by atoms with E-state index in [0.717, 1.165) is 0 Å². The summed E-state index contributed by atoms with van der Waals surface area (Å²) in [6.45, 7) is 45.3. The van der Waals surface area contributed by atoms with Crippen LogP contribution in [0.15, 0.2) is 48.5 Å². The highest BCUT2D eigenvalue weighted by Gasteiger charge is 2.43. The first-order chi connectivity index (χ1) is 20.2. The normalized spacial score (nSPS) is 15.2. The topological polar surface area (TPSA) is 18.5 Å². The average molecular weight is 621 g/mol. The van der Waals surface area contributed by atoms with E-state index in [4.69, 9.17) is 9.47 Å². The quantitative estimate of drug-likeness (QED) is 0.184. The van der Waals surface area contributed by atoms with Crippen LogP contribution < -0.4 is 0 Å². The molecule has 0 aliphatic carbocycles. The fourth-order valence-electron chi connectivity index (χ4n) is 6.30. The third kappa shape index (κ3) is 7.59. The first-order valence-electron chi connectivity index (χ1n) is 17.7. The zero-order chi connectivity index (χ0) is 35.0. The standard InChI is InChI=1S/C43H72O2/c1-30(2)38(8,9)40(12,13)34-22-20-33(21-23-34)37(6,7)32(5)44-28-29-45-43(18,19)42(16,17)36-26-24-35(25-27-36)41(14,15)39(10,11)31(3)4/h20-27,30-32H,28-29H2,1-19H3. The Morgan fingerprint density at radius 1 is 0.444 bits per heavy atom. The smallest absolute Gasteiger partial charge is 0.0718 e. The first kappa shape index (κ1) is 39.5. The van der Waals surface area contributed by atoms with Gasteiger partial charge in [0.2, 0.25) is 0 Å². The summed E-state index contributed by atoms with van der Waals surface area (Å²) in [6.07, 6.45) is 0.0502. The van der Waals surface area contributed by atoms with Crippen LogP contribution in [-0.2, 0) is 31.1 Å². The lowest BCUT2D eigenvalue weighted by Gasteiger charge is -2.46. The van der Waals surface area contributed by atoms with Crippen LogP contribution in [-0.4, -0.2) is 24.9 Å². The van der Waals surface area contributed by atoms with E-state index in [1.807, 2.05) is 0 Å². The Hall–Kier alpha value is -1.64. The fourth-order valence-corrected chi connectivity index (χ4v) is 6.30. The molecule has 0 fully saturated rings. The summed E-state index contributed by atoms with van der Waals surface area (Å²) >= 11 is 0. The molecule has 0 aliphatic rings. The Balaban J connectivity index is 2.07. The van der Waals surface area contributed by atoms with Gasteiger partial charge >= 0.3 is 0 Å². The van der Waals surface area contributed by atoms with Crippen LogP contribution in [0.4, 0.5) is 0 Å². The minimum absolute atomic E-state index is 0.0502. The minimum Gasteiger partial charge on any atom is -0.375 e. The molecule has 0 saturated carbocycles. The van der Waals surface area contributed by atoms with Crippen LogP contribution in [0.5, 0.6) is 0 Å². The number of hydrogen-bond acceptors (Lipinski definition) is 2. The van der Waals surface area contributed by atoms with Crippen molar-refractivity contribution in [3.63, 3.8) is 0 Å². The molecule has 2 nitrogen and oxygen atoms in total. The summed E-state index contributed by atoms with van der Waals surface area (Å²) in [5, 5.41) is 0. The van der Waals surface area contributed by atoms with E-state index in [1.165, 1.54) is 22.3 Å².